The largest absolute Gasteiger partial charge is 0.377 e. The molecular formula is C21H24N4O4. The van der Waals surface area contributed by atoms with Crippen molar-refractivity contribution in [1.29, 1.82) is 0 Å². The molecule has 0 radical (unpaired) electrons. The predicted octanol–water partition coefficient (Wildman–Crippen LogP) is 3.50. The summed E-state index contributed by atoms with van der Waals surface area (Å²) in [5.74, 6) is -0.217. The molecular weight excluding hydrogens is 372 g/mol. The first kappa shape index (κ1) is 20.3. The molecule has 1 fully saturated rings. The van der Waals surface area contributed by atoms with Gasteiger partial charge in [0.15, 0.2) is 0 Å². The summed E-state index contributed by atoms with van der Waals surface area (Å²) in [6, 6.07) is 11.2. The van der Waals surface area contributed by atoms with Crippen molar-refractivity contribution in [3.8, 4) is 0 Å². The molecule has 152 valence electrons. The second-order valence-corrected chi connectivity index (χ2v) is 7.43. The van der Waals surface area contributed by atoms with Crippen LogP contribution in [0, 0.1) is 16.0 Å². The van der Waals surface area contributed by atoms with Crippen LogP contribution in [0.1, 0.15) is 41.7 Å². The van der Waals surface area contributed by atoms with Gasteiger partial charge in [0.1, 0.15) is 0 Å². The summed E-state index contributed by atoms with van der Waals surface area (Å²) in [7, 11) is 3.55. The van der Waals surface area contributed by atoms with Crippen LogP contribution in [0.5, 0.6) is 0 Å². The number of non-ortho nitro benzene ring substituents is 1. The maximum atomic E-state index is 12.8. The number of rotatable bonds is 7. The Hall–Kier alpha value is -3.42. The Balaban J connectivity index is 1.72. The van der Waals surface area contributed by atoms with Crippen LogP contribution >= 0.6 is 0 Å². The summed E-state index contributed by atoms with van der Waals surface area (Å²) in [4.78, 5) is 36.9. The summed E-state index contributed by atoms with van der Waals surface area (Å²) in [5.41, 5.74) is 2.28. The highest BCUT2D eigenvalue weighted by Crippen LogP contribution is 2.30. The Morgan fingerprint density at radius 1 is 1.14 bits per heavy atom. The number of nitrogens with one attached hydrogen (secondary N) is 2. The van der Waals surface area contributed by atoms with Crippen LogP contribution in [0.2, 0.25) is 0 Å². The molecule has 2 aromatic carbocycles. The minimum absolute atomic E-state index is 0.0426. The van der Waals surface area contributed by atoms with E-state index in [4.69, 9.17) is 0 Å². The Kier molecular flexibility index (Phi) is 5.81. The number of amides is 2. The summed E-state index contributed by atoms with van der Waals surface area (Å²) < 4.78 is 0. The summed E-state index contributed by atoms with van der Waals surface area (Å²) in [6.07, 6.45) is 1.89. The zero-order valence-electron chi connectivity index (χ0n) is 16.6. The zero-order chi connectivity index (χ0) is 21.1. The van der Waals surface area contributed by atoms with Gasteiger partial charge >= 0.3 is 0 Å². The lowest BCUT2D eigenvalue weighted by Crippen LogP contribution is -2.28. The molecule has 0 heterocycles. The quantitative estimate of drug-likeness (QED) is 0.551. The van der Waals surface area contributed by atoms with E-state index in [9.17, 15) is 19.7 Å². The number of carbonyl (C=O) groups excluding carboxylic acids is 2. The van der Waals surface area contributed by atoms with E-state index in [-0.39, 0.29) is 29.1 Å². The van der Waals surface area contributed by atoms with Crippen LogP contribution in [-0.4, -0.2) is 30.8 Å². The molecule has 29 heavy (non-hydrogen) atoms. The summed E-state index contributed by atoms with van der Waals surface area (Å²) in [5, 5.41) is 16.8. The molecule has 0 saturated heterocycles. The Labute approximate surface area is 169 Å². The molecule has 1 unspecified atom stereocenters. The van der Waals surface area contributed by atoms with Gasteiger partial charge in [0.25, 0.3) is 11.6 Å². The lowest BCUT2D eigenvalue weighted by molar-refractivity contribution is -0.384. The number of benzene rings is 2. The number of nitro groups is 1. The zero-order valence-corrected chi connectivity index (χ0v) is 16.6. The van der Waals surface area contributed by atoms with Crippen LogP contribution in [0.4, 0.5) is 17.1 Å². The molecule has 0 aromatic heterocycles. The van der Waals surface area contributed by atoms with E-state index in [0.29, 0.717) is 5.69 Å². The average Bonchev–Trinajstić information content (AvgIpc) is 3.53. The number of carbonyl (C=O) groups is 2. The second kappa shape index (κ2) is 8.30. The maximum absolute atomic E-state index is 12.8. The first-order chi connectivity index (χ1) is 13.8. The number of nitrogens with zero attached hydrogens (tertiary/aromatic N) is 2. The van der Waals surface area contributed by atoms with Crippen LogP contribution in [0.15, 0.2) is 42.5 Å². The molecule has 2 aromatic rings. The van der Waals surface area contributed by atoms with Gasteiger partial charge in [-0.25, -0.2) is 0 Å². The summed E-state index contributed by atoms with van der Waals surface area (Å²) in [6.45, 7) is 1.84. The van der Waals surface area contributed by atoms with Crippen molar-refractivity contribution >= 4 is 28.9 Å². The number of hydrogen-bond acceptors (Lipinski definition) is 5. The number of hydrogen-bond donors (Lipinski definition) is 2. The van der Waals surface area contributed by atoms with Crippen molar-refractivity contribution in [2.24, 2.45) is 5.92 Å². The van der Waals surface area contributed by atoms with Crippen LogP contribution < -0.4 is 15.5 Å². The van der Waals surface area contributed by atoms with E-state index in [0.717, 1.165) is 24.1 Å². The molecule has 0 spiro atoms. The molecule has 1 atom stereocenters. The van der Waals surface area contributed by atoms with Gasteiger partial charge in [-0.1, -0.05) is 12.1 Å². The van der Waals surface area contributed by atoms with Gasteiger partial charge in [-0.2, -0.15) is 0 Å². The van der Waals surface area contributed by atoms with Crippen molar-refractivity contribution in [2.45, 2.75) is 25.8 Å². The van der Waals surface area contributed by atoms with E-state index in [2.05, 4.69) is 10.6 Å². The fraction of sp³-hybridized carbons (Fsp3) is 0.333. The van der Waals surface area contributed by atoms with Gasteiger partial charge in [0.05, 0.1) is 16.5 Å². The van der Waals surface area contributed by atoms with Gasteiger partial charge in [-0.15, -0.1) is 0 Å². The molecule has 8 heteroatoms. The number of anilines is 2. The first-order valence-electron chi connectivity index (χ1n) is 9.43. The van der Waals surface area contributed by atoms with Gasteiger partial charge in [-0.05, 0) is 43.5 Å². The monoisotopic (exact) mass is 396 g/mol. The molecule has 8 nitrogen and oxygen atoms in total. The molecule has 2 N–H and O–H groups in total. The number of nitro benzene ring substituents is 1. The van der Waals surface area contributed by atoms with E-state index in [1.807, 2.05) is 19.1 Å². The minimum Gasteiger partial charge on any atom is -0.377 e. The van der Waals surface area contributed by atoms with Gasteiger partial charge in [0.2, 0.25) is 5.91 Å². The first-order valence-corrected chi connectivity index (χ1v) is 9.43. The molecule has 1 aliphatic rings. The van der Waals surface area contributed by atoms with E-state index in [1.54, 1.807) is 37.2 Å². The molecule has 3 rings (SSSR count). The van der Waals surface area contributed by atoms with E-state index >= 15 is 0 Å². The van der Waals surface area contributed by atoms with E-state index < -0.39 is 10.8 Å². The topological polar surface area (TPSA) is 105 Å². The smallest absolute Gasteiger partial charge is 0.270 e. The van der Waals surface area contributed by atoms with Crippen LogP contribution in [0.3, 0.4) is 0 Å². The minimum atomic E-state index is -0.520. The SMILES string of the molecule is CC(NC(=O)c1cc([N+](=O)[O-])ccc1N(C)C)c1ccc(NC(=O)C2CC2)cc1. The lowest BCUT2D eigenvalue weighted by atomic mass is 10.1. The van der Waals surface area contributed by atoms with Crippen molar-refractivity contribution in [1.82, 2.24) is 5.32 Å². The van der Waals surface area contributed by atoms with Gasteiger partial charge < -0.3 is 15.5 Å². The third-order valence-corrected chi connectivity index (χ3v) is 4.89. The van der Waals surface area contributed by atoms with Crippen molar-refractivity contribution < 1.29 is 14.5 Å². The highest BCUT2D eigenvalue weighted by molar-refractivity contribution is 6.00. The molecule has 0 bridgehead atoms. The molecule has 1 saturated carbocycles. The highest BCUT2D eigenvalue weighted by Gasteiger charge is 2.29. The Morgan fingerprint density at radius 3 is 2.34 bits per heavy atom. The van der Waals surface area contributed by atoms with Crippen molar-refractivity contribution in [2.75, 3.05) is 24.3 Å². The molecule has 1 aliphatic carbocycles. The third kappa shape index (κ3) is 4.90. The van der Waals surface area contributed by atoms with Gasteiger partial charge in [-0.3, -0.25) is 19.7 Å². The second-order valence-electron chi connectivity index (χ2n) is 7.43. The summed E-state index contributed by atoms with van der Waals surface area (Å²) >= 11 is 0. The van der Waals surface area contributed by atoms with Gasteiger partial charge in [0, 0.05) is 43.5 Å². The average molecular weight is 396 g/mol. The van der Waals surface area contributed by atoms with Crippen molar-refractivity contribution in [3.63, 3.8) is 0 Å². The van der Waals surface area contributed by atoms with Crippen molar-refractivity contribution in [3.05, 3.63) is 63.7 Å². The Bertz CT molecular complexity index is 936. The lowest BCUT2D eigenvalue weighted by Gasteiger charge is -2.19. The molecule has 0 aliphatic heterocycles. The normalized spacial score (nSPS) is 14.0. The predicted molar refractivity (Wildman–Crippen MR) is 111 cm³/mol. The van der Waals surface area contributed by atoms with Crippen LogP contribution in [0.25, 0.3) is 0 Å². The maximum Gasteiger partial charge on any atom is 0.270 e. The fourth-order valence-corrected chi connectivity index (χ4v) is 3.01. The van der Waals surface area contributed by atoms with E-state index in [1.165, 1.54) is 12.1 Å². The molecule has 2 amide bonds. The fourth-order valence-electron chi connectivity index (χ4n) is 3.01. The van der Waals surface area contributed by atoms with Crippen LogP contribution in [-0.2, 0) is 4.79 Å². The third-order valence-electron chi connectivity index (χ3n) is 4.89. The Morgan fingerprint density at radius 2 is 1.79 bits per heavy atom. The highest BCUT2D eigenvalue weighted by atomic mass is 16.6. The standard InChI is InChI=1S/C21H24N4O4/c1-13(14-6-8-16(9-7-14)23-20(26)15-4-5-15)22-21(27)18-12-17(25(28)29)10-11-19(18)24(2)3/h6-13,15H,4-5H2,1-3H3,(H,22,27)(H,23,26).